The van der Waals surface area contributed by atoms with Crippen molar-refractivity contribution in [3.05, 3.63) is 95.7 Å². The van der Waals surface area contributed by atoms with Crippen molar-refractivity contribution in [1.82, 2.24) is 24.7 Å². The van der Waals surface area contributed by atoms with Gasteiger partial charge in [0, 0.05) is 18.0 Å². The molecule has 5 aromatic rings. The maximum absolute atomic E-state index is 15.0. The number of alkyl halides is 3. The van der Waals surface area contributed by atoms with Crippen molar-refractivity contribution in [3.63, 3.8) is 0 Å². The molecule has 8 nitrogen and oxygen atoms in total. The summed E-state index contributed by atoms with van der Waals surface area (Å²) in [7, 11) is 0. The van der Waals surface area contributed by atoms with E-state index in [0.29, 0.717) is 16.9 Å². The topological polar surface area (TPSA) is 106 Å². The molecule has 38 heavy (non-hydrogen) atoms. The molecule has 0 bridgehead atoms. The summed E-state index contributed by atoms with van der Waals surface area (Å²) in [5.74, 6) is -2.72. The smallest absolute Gasteiger partial charge is 0.387 e. The van der Waals surface area contributed by atoms with Crippen molar-refractivity contribution in [2.24, 2.45) is 0 Å². The minimum absolute atomic E-state index is 0.0375. The number of carbonyl (C=O) groups excluding carboxylic acids is 1. The molecule has 0 saturated carbocycles. The standard InChI is InChI=1S/C26H18F4N6O2/c1-14(37)20-8-9-21-22(33-20)24(36(35-21)15-6-3-2-4-7-15)34-25(38)17-12-16(23-31-10-5-11-32-23)18(13-19(17)27)26(28,29)30/h2-14,37H,1H3,(H,34,38)/t14-/m1/s1. The van der Waals surface area contributed by atoms with Crippen LogP contribution >= 0.6 is 0 Å². The molecule has 0 unspecified atom stereocenters. The number of para-hydroxylation sites is 1. The van der Waals surface area contributed by atoms with Crippen LogP contribution in [0.1, 0.15) is 34.6 Å². The summed E-state index contributed by atoms with van der Waals surface area (Å²) in [5.41, 5.74) is -1.16. The Morgan fingerprint density at radius 2 is 1.74 bits per heavy atom. The zero-order valence-corrected chi connectivity index (χ0v) is 19.6. The number of aliphatic hydroxyl groups excluding tert-OH is 1. The van der Waals surface area contributed by atoms with Crippen LogP contribution in [-0.2, 0) is 6.18 Å². The fourth-order valence-electron chi connectivity index (χ4n) is 3.86. The highest BCUT2D eigenvalue weighted by Gasteiger charge is 2.36. The van der Waals surface area contributed by atoms with E-state index in [1.54, 1.807) is 42.5 Å². The lowest BCUT2D eigenvalue weighted by molar-refractivity contribution is -0.137. The molecule has 1 atom stereocenters. The maximum atomic E-state index is 15.0. The lowest BCUT2D eigenvalue weighted by Crippen LogP contribution is -2.19. The van der Waals surface area contributed by atoms with Gasteiger partial charge >= 0.3 is 6.18 Å². The summed E-state index contributed by atoms with van der Waals surface area (Å²) in [6.45, 7) is 1.51. The van der Waals surface area contributed by atoms with Crippen LogP contribution in [0.15, 0.2) is 73.1 Å². The van der Waals surface area contributed by atoms with Gasteiger partial charge in [0.2, 0.25) is 0 Å². The summed E-state index contributed by atoms with van der Waals surface area (Å²) < 4.78 is 57.5. The molecule has 0 fully saturated rings. The van der Waals surface area contributed by atoms with Crippen molar-refractivity contribution >= 4 is 22.8 Å². The summed E-state index contributed by atoms with van der Waals surface area (Å²) in [5, 5.41) is 17.0. The molecule has 1 amide bonds. The quantitative estimate of drug-likeness (QED) is 0.302. The highest BCUT2D eigenvalue weighted by molar-refractivity contribution is 6.08. The van der Waals surface area contributed by atoms with Gasteiger partial charge in [0.25, 0.3) is 5.91 Å². The number of nitrogens with one attached hydrogen (secondary N) is 1. The number of benzene rings is 2. The van der Waals surface area contributed by atoms with E-state index in [1.165, 1.54) is 30.1 Å². The molecule has 0 aliphatic heterocycles. The van der Waals surface area contributed by atoms with Gasteiger partial charge in [0.1, 0.15) is 16.9 Å². The molecule has 0 aliphatic rings. The van der Waals surface area contributed by atoms with Crippen LogP contribution in [-0.4, -0.2) is 35.7 Å². The number of aromatic nitrogens is 5. The van der Waals surface area contributed by atoms with E-state index in [1.807, 2.05) is 0 Å². The van der Waals surface area contributed by atoms with Crippen molar-refractivity contribution in [2.45, 2.75) is 19.2 Å². The normalized spacial score (nSPS) is 12.5. The van der Waals surface area contributed by atoms with Crippen molar-refractivity contribution < 1.29 is 27.5 Å². The van der Waals surface area contributed by atoms with Gasteiger partial charge in [0.15, 0.2) is 11.6 Å². The van der Waals surface area contributed by atoms with Crippen LogP contribution in [0, 0.1) is 5.82 Å². The number of halogens is 4. The molecule has 2 N–H and O–H groups in total. The van der Waals surface area contributed by atoms with Gasteiger partial charge in [-0.1, -0.05) is 18.2 Å². The second-order valence-corrected chi connectivity index (χ2v) is 8.28. The first kappa shape index (κ1) is 25.0. The summed E-state index contributed by atoms with van der Waals surface area (Å²) in [6, 6.07) is 14.3. The molecule has 0 radical (unpaired) electrons. The Labute approximate surface area is 212 Å². The second-order valence-electron chi connectivity index (χ2n) is 8.28. The van der Waals surface area contributed by atoms with E-state index in [2.05, 4.69) is 25.4 Å². The van der Waals surface area contributed by atoms with E-state index in [9.17, 15) is 27.5 Å². The van der Waals surface area contributed by atoms with Gasteiger partial charge in [-0.05, 0) is 49.4 Å². The summed E-state index contributed by atoms with van der Waals surface area (Å²) >= 11 is 0. The van der Waals surface area contributed by atoms with E-state index in [0.717, 1.165) is 6.07 Å². The van der Waals surface area contributed by atoms with Crippen LogP contribution in [0.25, 0.3) is 28.1 Å². The van der Waals surface area contributed by atoms with Gasteiger partial charge in [-0.2, -0.15) is 18.3 Å². The fraction of sp³-hybridized carbons (Fsp3) is 0.115. The summed E-state index contributed by atoms with van der Waals surface area (Å²) in [6.07, 6.45) is -3.37. The van der Waals surface area contributed by atoms with Crippen molar-refractivity contribution in [2.75, 3.05) is 5.32 Å². The van der Waals surface area contributed by atoms with Crippen LogP contribution in [0.5, 0.6) is 0 Å². The zero-order chi connectivity index (χ0) is 27.0. The lowest BCUT2D eigenvalue weighted by atomic mass is 10.0. The van der Waals surface area contributed by atoms with Gasteiger partial charge in [0.05, 0.1) is 28.6 Å². The average molecular weight is 522 g/mol. The molecule has 5 rings (SSSR count). The molecular weight excluding hydrogens is 504 g/mol. The van der Waals surface area contributed by atoms with E-state index in [-0.39, 0.29) is 23.2 Å². The third kappa shape index (κ3) is 4.68. The lowest BCUT2D eigenvalue weighted by Gasteiger charge is -2.15. The van der Waals surface area contributed by atoms with Crippen LogP contribution in [0.2, 0.25) is 0 Å². The van der Waals surface area contributed by atoms with Gasteiger partial charge in [-0.25, -0.2) is 24.0 Å². The first-order valence-corrected chi connectivity index (χ1v) is 11.3. The van der Waals surface area contributed by atoms with Crippen LogP contribution in [0.3, 0.4) is 0 Å². The molecule has 192 valence electrons. The van der Waals surface area contributed by atoms with Gasteiger partial charge in [-0.3, -0.25) is 4.79 Å². The first-order valence-electron chi connectivity index (χ1n) is 11.3. The van der Waals surface area contributed by atoms with Crippen molar-refractivity contribution in [3.8, 4) is 17.1 Å². The van der Waals surface area contributed by atoms with Crippen LogP contribution < -0.4 is 5.32 Å². The Bertz CT molecular complexity index is 1640. The largest absolute Gasteiger partial charge is 0.417 e. The highest BCUT2D eigenvalue weighted by atomic mass is 19.4. The number of nitrogens with zero attached hydrogens (tertiary/aromatic N) is 5. The third-order valence-electron chi connectivity index (χ3n) is 5.66. The minimum atomic E-state index is -4.92. The predicted octanol–water partition coefficient (Wildman–Crippen LogP) is 5.34. The molecule has 12 heteroatoms. The van der Waals surface area contributed by atoms with Crippen LogP contribution in [0.4, 0.5) is 23.4 Å². The number of hydrogen-bond acceptors (Lipinski definition) is 6. The average Bonchev–Trinajstić information content (AvgIpc) is 3.26. The Morgan fingerprint density at radius 3 is 2.39 bits per heavy atom. The predicted molar refractivity (Wildman–Crippen MR) is 130 cm³/mol. The zero-order valence-electron chi connectivity index (χ0n) is 19.6. The molecule has 3 heterocycles. The molecule has 0 spiro atoms. The van der Waals surface area contributed by atoms with Gasteiger partial charge in [-0.15, -0.1) is 0 Å². The third-order valence-corrected chi connectivity index (χ3v) is 5.66. The number of carbonyl (C=O) groups is 1. The highest BCUT2D eigenvalue weighted by Crippen LogP contribution is 2.38. The SMILES string of the molecule is C[C@@H](O)c1ccc2nn(-c3ccccc3)c(NC(=O)c3cc(-c4ncccn4)c(C(F)(F)F)cc3F)c2n1. The number of aliphatic hydroxyl groups is 1. The molecular formula is C26H18F4N6O2. The minimum Gasteiger partial charge on any atom is -0.387 e. The van der Waals surface area contributed by atoms with E-state index < -0.39 is 40.7 Å². The Morgan fingerprint density at radius 1 is 1.03 bits per heavy atom. The van der Waals surface area contributed by atoms with Crippen molar-refractivity contribution in [1.29, 1.82) is 0 Å². The Balaban J connectivity index is 1.65. The van der Waals surface area contributed by atoms with E-state index >= 15 is 0 Å². The Hall–Kier alpha value is -4.71. The molecule has 0 aliphatic carbocycles. The number of anilines is 1. The van der Waals surface area contributed by atoms with E-state index in [4.69, 9.17) is 0 Å². The number of amides is 1. The number of rotatable bonds is 5. The monoisotopic (exact) mass is 522 g/mol. The fourth-order valence-corrected chi connectivity index (χ4v) is 3.86. The first-order chi connectivity index (χ1) is 18.1. The second kappa shape index (κ2) is 9.63. The van der Waals surface area contributed by atoms with Gasteiger partial charge < -0.3 is 10.4 Å². The molecule has 0 saturated heterocycles. The number of pyridine rings is 1. The molecule has 2 aromatic carbocycles. The maximum Gasteiger partial charge on any atom is 0.417 e. The molecule has 3 aromatic heterocycles. The number of hydrogen-bond donors (Lipinski definition) is 2. The number of fused-ring (bicyclic) bond motifs is 1. The Kier molecular flexibility index (Phi) is 6.33. The summed E-state index contributed by atoms with van der Waals surface area (Å²) in [4.78, 5) is 25.4.